The normalized spacial score (nSPS) is 15.3. The van der Waals surface area contributed by atoms with Gasteiger partial charge >= 0.3 is 5.69 Å². The smallest absolute Gasteiger partial charge is 0.331 e. The van der Waals surface area contributed by atoms with Crippen LogP contribution in [0, 0.1) is 0 Å². The SMILES string of the molecule is Cn1c(=O)c2c(-c3ccccc3)n3c(c2n(C)c1=O)[C@H](c1ccco1)OCc1ccccc1-3. The molecule has 0 saturated heterocycles. The molecule has 0 unspecified atom stereocenters. The summed E-state index contributed by atoms with van der Waals surface area (Å²) in [4.78, 5) is 26.6. The molecule has 3 aromatic heterocycles. The highest BCUT2D eigenvalue weighted by molar-refractivity contribution is 5.97. The summed E-state index contributed by atoms with van der Waals surface area (Å²) in [5.41, 5.74) is 3.99. The van der Waals surface area contributed by atoms with Crippen molar-refractivity contribution in [1.82, 2.24) is 13.7 Å². The van der Waals surface area contributed by atoms with Crippen molar-refractivity contribution >= 4 is 10.9 Å². The Bertz CT molecular complexity index is 1620. The predicted octanol–water partition coefficient (Wildman–Crippen LogP) is 3.91. The maximum absolute atomic E-state index is 13.6. The summed E-state index contributed by atoms with van der Waals surface area (Å²) < 4.78 is 16.9. The van der Waals surface area contributed by atoms with Crippen LogP contribution in [0.3, 0.4) is 0 Å². The third-order valence-corrected chi connectivity index (χ3v) is 6.34. The number of hydrogen-bond acceptors (Lipinski definition) is 4. The van der Waals surface area contributed by atoms with Crippen molar-refractivity contribution in [3.63, 3.8) is 0 Å². The van der Waals surface area contributed by atoms with E-state index in [1.54, 1.807) is 13.3 Å². The molecular weight excluding hydrogens is 418 g/mol. The Hall–Kier alpha value is -4.10. The van der Waals surface area contributed by atoms with Crippen molar-refractivity contribution in [3.8, 4) is 16.9 Å². The lowest BCUT2D eigenvalue weighted by Gasteiger charge is -2.17. The molecule has 4 heterocycles. The summed E-state index contributed by atoms with van der Waals surface area (Å²) >= 11 is 0. The number of fused-ring (bicyclic) bond motifs is 5. The minimum atomic E-state index is -0.606. The molecule has 0 radical (unpaired) electrons. The molecule has 7 nitrogen and oxygen atoms in total. The zero-order chi connectivity index (χ0) is 22.7. The summed E-state index contributed by atoms with van der Waals surface area (Å²) in [6, 6.07) is 21.4. The molecule has 0 aliphatic carbocycles. The van der Waals surface area contributed by atoms with Gasteiger partial charge in [0.15, 0.2) is 6.10 Å². The van der Waals surface area contributed by atoms with E-state index in [2.05, 4.69) is 4.57 Å². The molecular formula is C26H21N3O4. The number of para-hydroxylation sites is 1. The Kier molecular flexibility index (Phi) is 4.28. The highest BCUT2D eigenvalue weighted by Crippen LogP contribution is 2.43. The van der Waals surface area contributed by atoms with E-state index in [9.17, 15) is 9.59 Å². The number of ether oxygens (including phenoxy) is 1. The van der Waals surface area contributed by atoms with Crippen molar-refractivity contribution in [3.05, 3.63) is 111 Å². The number of rotatable bonds is 2. The molecule has 0 bridgehead atoms. The molecule has 0 N–H and O–H groups in total. The van der Waals surface area contributed by atoms with Crippen LogP contribution < -0.4 is 11.2 Å². The van der Waals surface area contributed by atoms with Crippen LogP contribution in [0.5, 0.6) is 0 Å². The number of aryl methyl sites for hydroxylation is 1. The third-order valence-electron chi connectivity index (χ3n) is 6.34. The summed E-state index contributed by atoms with van der Waals surface area (Å²) in [6.45, 7) is 0.359. The van der Waals surface area contributed by atoms with E-state index >= 15 is 0 Å². The van der Waals surface area contributed by atoms with Crippen LogP contribution >= 0.6 is 0 Å². The molecule has 164 valence electrons. The molecule has 6 rings (SSSR count). The lowest BCUT2D eigenvalue weighted by molar-refractivity contribution is 0.0533. The number of nitrogens with zero attached hydrogens (tertiary/aromatic N) is 3. The van der Waals surface area contributed by atoms with E-state index in [-0.39, 0.29) is 5.56 Å². The van der Waals surface area contributed by atoms with Crippen LogP contribution in [-0.4, -0.2) is 13.7 Å². The van der Waals surface area contributed by atoms with Crippen LogP contribution in [-0.2, 0) is 25.4 Å². The second kappa shape index (κ2) is 7.21. The zero-order valence-corrected chi connectivity index (χ0v) is 18.2. The second-order valence-electron chi connectivity index (χ2n) is 8.20. The van der Waals surface area contributed by atoms with Gasteiger partial charge in [-0.05, 0) is 23.8 Å². The fourth-order valence-corrected chi connectivity index (χ4v) is 4.82. The Morgan fingerprint density at radius 3 is 2.39 bits per heavy atom. The Labute approximate surface area is 188 Å². The second-order valence-corrected chi connectivity index (χ2v) is 8.20. The molecule has 7 heteroatoms. The molecule has 5 aromatic rings. The van der Waals surface area contributed by atoms with Crippen molar-refractivity contribution in [2.75, 3.05) is 0 Å². The van der Waals surface area contributed by atoms with Crippen LogP contribution in [0.1, 0.15) is 23.1 Å². The van der Waals surface area contributed by atoms with Crippen molar-refractivity contribution in [2.24, 2.45) is 14.1 Å². The summed E-state index contributed by atoms with van der Waals surface area (Å²) in [6.07, 6.45) is 0.993. The van der Waals surface area contributed by atoms with Crippen LogP contribution in [0.15, 0.2) is 87.0 Å². The zero-order valence-electron chi connectivity index (χ0n) is 18.2. The molecule has 1 aliphatic heterocycles. The van der Waals surface area contributed by atoms with E-state index < -0.39 is 11.8 Å². The monoisotopic (exact) mass is 439 g/mol. The Morgan fingerprint density at radius 1 is 0.879 bits per heavy atom. The maximum Gasteiger partial charge on any atom is 0.331 e. The van der Waals surface area contributed by atoms with Gasteiger partial charge in [0.05, 0.1) is 40.8 Å². The van der Waals surface area contributed by atoms with E-state index in [0.717, 1.165) is 27.1 Å². The molecule has 2 aromatic carbocycles. The standard InChI is InChI=1S/C26H21N3O4/c1-27-22-20(25(30)28(2)26(27)31)21(16-9-4-3-5-10-16)29-18-12-7-6-11-17(18)15-33-24(23(22)29)19-13-8-14-32-19/h3-14,24H,15H2,1-2H3/t24-/m0/s1. The van der Waals surface area contributed by atoms with Gasteiger partial charge in [-0.15, -0.1) is 0 Å². The Balaban J connectivity index is 1.90. The van der Waals surface area contributed by atoms with Gasteiger partial charge in [-0.25, -0.2) is 4.79 Å². The van der Waals surface area contributed by atoms with Gasteiger partial charge in [-0.3, -0.25) is 13.9 Å². The summed E-state index contributed by atoms with van der Waals surface area (Å²) in [5.74, 6) is 0.608. The lowest BCUT2D eigenvalue weighted by atomic mass is 10.1. The van der Waals surface area contributed by atoms with Gasteiger partial charge in [-0.1, -0.05) is 48.5 Å². The first-order valence-electron chi connectivity index (χ1n) is 10.7. The van der Waals surface area contributed by atoms with E-state index in [1.165, 1.54) is 11.6 Å². The first-order valence-corrected chi connectivity index (χ1v) is 10.7. The Morgan fingerprint density at radius 2 is 1.64 bits per heavy atom. The van der Waals surface area contributed by atoms with Crippen molar-refractivity contribution in [2.45, 2.75) is 12.7 Å². The van der Waals surface area contributed by atoms with Gasteiger partial charge < -0.3 is 13.7 Å². The van der Waals surface area contributed by atoms with Gasteiger partial charge in [0.2, 0.25) is 0 Å². The highest BCUT2D eigenvalue weighted by Gasteiger charge is 2.35. The number of hydrogen-bond donors (Lipinski definition) is 0. The minimum absolute atomic E-state index is 0.344. The summed E-state index contributed by atoms with van der Waals surface area (Å²) in [5, 5.41) is 0.470. The first kappa shape index (κ1) is 19.6. The van der Waals surface area contributed by atoms with Crippen molar-refractivity contribution in [1.29, 1.82) is 0 Å². The van der Waals surface area contributed by atoms with Crippen LogP contribution in [0.4, 0.5) is 0 Å². The quantitative estimate of drug-likeness (QED) is 0.418. The maximum atomic E-state index is 13.6. The van der Waals surface area contributed by atoms with E-state index in [0.29, 0.717) is 29.0 Å². The highest BCUT2D eigenvalue weighted by atomic mass is 16.5. The van der Waals surface area contributed by atoms with Gasteiger partial charge in [0, 0.05) is 19.7 Å². The van der Waals surface area contributed by atoms with Crippen LogP contribution in [0.2, 0.25) is 0 Å². The first-order chi connectivity index (χ1) is 16.1. The molecule has 1 aliphatic rings. The molecule has 0 fully saturated rings. The molecule has 0 spiro atoms. The largest absolute Gasteiger partial charge is 0.466 e. The van der Waals surface area contributed by atoms with E-state index in [4.69, 9.17) is 9.15 Å². The topological polar surface area (TPSA) is 71.3 Å². The van der Waals surface area contributed by atoms with Crippen LogP contribution in [0.25, 0.3) is 27.8 Å². The number of aromatic nitrogens is 3. The minimum Gasteiger partial charge on any atom is -0.466 e. The lowest BCUT2D eigenvalue weighted by Crippen LogP contribution is -2.37. The van der Waals surface area contributed by atoms with Crippen molar-refractivity contribution < 1.29 is 9.15 Å². The fourth-order valence-electron chi connectivity index (χ4n) is 4.82. The molecule has 0 amide bonds. The average Bonchev–Trinajstić information content (AvgIpc) is 3.46. The number of benzene rings is 2. The van der Waals surface area contributed by atoms with Gasteiger partial charge in [-0.2, -0.15) is 0 Å². The number of furan rings is 1. The van der Waals surface area contributed by atoms with E-state index in [1.807, 2.05) is 66.7 Å². The fraction of sp³-hybridized carbons (Fsp3) is 0.154. The molecule has 1 atom stereocenters. The van der Waals surface area contributed by atoms with Gasteiger partial charge in [0.25, 0.3) is 5.56 Å². The van der Waals surface area contributed by atoms with Gasteiger partial charge in [0.1, 0.15) is 5.76 Å². The summed E-state index contributed by atoms with van der Waals surface area (Å²) in [7, 11) is 3.20. The average molecular weight is 439 g/mol. The third kappa shape index (κ3) is 2.72. The predicted molar refractivity (Wildman–Crippen MR) is 125 cm³/mol. The molecule has 33 heavy (non-hydrogen) atoms. The molecule has 0 saturated carbocycles.